The van der Waals surface area contributed by atoms with Gasteiger partial charge in [-0.05, 0) is 62.6 Å². The molecule has 0 saturated heterocycles. The van der Waals surface area contributed by atoms with E-state index < -0.39 is 11.9 Å². The molecule has 0 aliphatic heterocycles. The molecule has 0 amide bonds. The van der Waals surface area contributed by atoms with Crippen molar-refractivity contribution in [3.63, 3.8) is 0 Å². The van der Waals surface area contributed by atoms with Crippen LogP contribution in [0.25, 0.3) is 16.3 Å². The number of thiazole rings is 1. The molecule has 154 valence electrons. The monoisotopic (exact) mass is 419 g/mol. The smallest absolute Gasteiger partial charge is 0.378 e. The van der Waals surface area contributed by atoms with E-state index in [-0.39, 0.29) is 6.04 Å². The van der Waals surface area contributed by atoms with Gasteiger partial charge in [-0.15, -0.1) is 11.3 Å². The molecule has 1 N–H and O–H groups in total. The van der Waals surface area contributed by atoms with E-state index in [1.807, 2.05) is 39.1 Å². The number of allylic oxidation sites excluding steroid dienone is 2. The van der Waals surface area contributed by atoms with Crippen molar-refractivity contribution in [2.75, 3.05) is 0 Å². The first-order valence-corrected chi connectivity index (χ1v) is 9.79. The lowest BCUT2D eigenvalue weighted by Crippen LogP contribution is -2.27. The van der Waals surface area contributed by atoms with Gasteiger partial charge in [0.2, 0.25) is 0 Å². The molecule has 0 radical (unpaired) electrons. The summed E-state index contributed by atoms with van der Waals surface area (Å²) in [6.45, 7) is 14.6. The third-order valence-corrected chi connectivity index (χ3v) is 5.18. The zero-order chi connectivity index (χ0) is 21.8. The van der Waals surface area contributed by atoms with Crippen LogP contribution in [0.5, 0.6) is 0 Å². The van der Waals surface area contributed by atoms with Crippen molar-refractivity contribution in [3.8, 4) is 10.6 Å². The lowest BCUT2D eigenvalue weighted by molar-refractivity contribution is -0.0918. The largest absolute Gasteiger partial charge is 0.432 e. The Morgan fingerprint density at radius 2 is 1.93 bits per heavy atom. The first-order chi connectivity index (χ1) is 13.5. The number of benzene rings is 1. The highest BCUT2D eigenvalue weighted by Gasteiger charge is 2.31. The highest BCUT2D eigenvalue weighted by Crippen LogP contribution is 2.28. The Bertz CT molecular complexity index is 968. The highest BCUT2D eigenvalue weighted by atomic mass is 32.1. The number of aliphatic imine (C=N–C) groups is 1. The Morgan fingerprint density at radius 3 is 2.48 bits per heavy atom. The molecular formula is C22H24F3N3S. The molecule has 0 saturated carbocycles. The topological polar surface area (TPSA) is 37.3 Å². The molecule has 1 unspecified atom stereocenters. The molecule has 0 aliphatic carbocycles. The predicted molar refractivity (Wildman–Crippen MR) is 116 cm³/mol. The number of aromatic nitrogens is 1. The summed E-state index contributed by atoms with van der Waals surface area (Å²) in [5.74, 6) is 0. The van der Waals surface area contributed by atoms with Crippen molar-refractivity contribution in [3.05, 3.63) is 70.9 Å². The van der Waals surface area contributed by atoms with Crippen molar-refractivity contribution in [2.24, 2.45) is 4.99 Å². The summed E-state index contributed by atoms with van der Waals surface area (Å²) >= 11 is 1.62. The van der Waals surface area contributed by atoms with Gasteiger partial charge in [-0.3, -0.25) is 4.99 Å². The summed E-state index contributed by atoms with van der Waals surface area (Å²) in [7, 11) is 0. The lowest BCUT2D eigenvalue weighted by atomic mass is 10.0. The third-order valence-electron chi connectivity index (χ3n) is 4.21. The number of halogens is 3. The van der Waals surface area contributed by atoms with Crippen LogP contribution in [-0.2, 0) is 0 Å². The summed E-state index contributed by atoms with van der Waals surface area (Å²) in [6, 6.07) is 5.78. The van der Waals surface area contributed by atoms with Crippen molar-refractivity contribution < 1.29 is 13.2 Å². The fourth-order valence-corrected chi connectivity index (χ4v) is 3.41. The van der Waals surface area contributed by atoms with Crippen molar-refractivity contribution in [2.45, 2.75) is 39.9 Å². The minimum absolute atomic E-state index is 0.289. The Balaban J connectivity index is 2.17. The minimum Gasteiger partial charge on any atom is -0.378 e. The Hall–Kier alpha value is -2.67. The predicted octanol–water partition coefficient (Wildman–Crippen LogP) is 6.47. The number of nitrogens with one attached hydrogen (secondary N) is 1. The van der Waals surface area contributed by atoms with Crippen LogP contribution >= 0.6 is 11.3 Å². The maximum absolute atomic E-state index is 12.6. The van der Waals surface area contributed by atoms with E-state index in [1.165, 1.54) is 6.21 Å². The minimum atomic E-state index is -4.54. The molecule has 0 aliphatic rings. The standard InChI is InChI=1S/C22H24F3N3S/c1-7-18(12-26-17(6)22(23,24)25)15(4)28-16(5)19-8-13(2)9-20(10-19)21-27-11-14(3)29-21/h7-12,15,28H,5-6H2,1-4H3/b18-7+,26-12?. The maximum Gasteiger partial charge on any atom is 0.432 e. The Kier molecular flexibility index (Phi) is 7.19. The normalized spacial score (nSPS) is 13.6. The highest BCUT2D eigenvalue weighted by molar-refractivity contribution is 7.14. The van der Waals surface area contributed by atoms with Crippen LogP contribution < -0.4 is 5.32 Å². The quantitative estimate of drug-likeness (QED) is 0.522. The van der Waals surface area contributed by atoms with E-state index in [9.17, 15) is 13.2 Å². The van der Waals surface area contributed by atoms with E-state index in [0.29, 0.717) is 11.3 Å². The molecule has 29 heavy (non-hydrogen) atoms. The number of aryl methyl sites for hydroxylation is 2. The van der Waals surface area contributed by atoms with Gasteiger partial charge in [0, 0.05) is 34.6 Å². The van der Waals surface area contributed by atoms with E-state index in [1.54, 1.807) is 24.3 Å². The lowest BCUT2D eigenvalue weighted by Gasteiger charge is -2.19. The molecule has 0 bridgehead atoms. The Labute approximate surface area is 173 Å². The molecule has 2 rings (SSSR count). The average molecular weight is 420 g/mol. The molecule has 3 nitrogen and oxygen atoms in total. The van der Waals surface area contributed by atoms with Crippen LogP contribution in [0.2, 0.25) is 0 Å². The summed E-state index contributed by atoms with van der Waals surface area (Å²) in [6.07, 6.45) is 0.185. The number of rotatable bonds is 7. The molecule has 1 heterocycles. The third kappa shape index (κ3) is 6.15. The number of hydrogen-bond acceptors (Lipinski definition) is 4. The van der Waals surface area contributed by atoms with Gasteiger partial charge in [-0.2, -0.15) is 13.2 Å². The molecule has 7 heteroatoms. The van der Waals surface area contributed by atoms with Crippen molar-refractivity contribution >= 4 is 23.2 Å². The van der Waals surface area contributed by atoms with Crippen molar-refractivity contribution in [1.29, 1.82) is 0 Å². The molecule has 0 fully saturated rings. The van der Waals surface area contributed by atoms with Gasteiger partial charge >= 0.3 is 6.18 Å². The van der Waals surface area contributed by atoms with Gasteiger partial charge in [0.1, 0.15) is 10.7 Å². The van der Waals surface area contributed by atoms with Crippen LogP contribution in [0.4, 0.5) is 13.2 Å². The molecule has 2 aromatic rings. The average Bonchev–Trinajstić information content (AvgIpc) is 3.07. The fraction of sp³-hybridized carbons (Fsp3) is 0.273. The van der Waals surface area contributed by atoms with E-state index in [4.69, 9.17) is 0 Å². The molecule has 1 atom stereocenters. The van der Waals surface area contributed by atoms with Gasteiger partial charge in [0.05, 0.1) is 0 Å². The van der Waals surface area contributed by atoms with Crippen molar-refractivity contribution in [1.82, 2.24) is 10.3 Å². The van der Waals surface area contributed by atoms with Gasteiger partial charge in [-0.1, -0.05) is 19.2 Å². The molecule has 0 spiro atoms. The van der Waals surface area contributed by atoms with Crippen LogP contribution in [0.15, 0.2) is 59.9 Å². The molecule has 1 aromatic heterocycles. The summed E-state index contributed by atoms with van der Waals surface area (Å²) in [5.41, 5.74) is 3.09. The first kappa shape index (κ1) is 22.6. The summed E-state index contributed by atoms with van der Waals surface area (Å²) in [4.78, 5) is 9.01. The summed E-state index contributed by atoms with van der Waals surface area (Å²) in [5, 5.41) is 4.17. The zero-order valence-electron chi connectivity index (χ0n) is 16.9. The fourth-order valence-electron chi connectivity index (χ4n) is 2.66. The number of hydrogen-bond donors (Lipinski definition) is 1. The van der Waals surface area contributed by atoms with Crippen LogP contribution in [0, 0.1) is 13.8 Å². The first-order valence-electron chi connectivity index (χ1n) is 8.98. The maximum atomic E-state index is 12.6. The van der Waals surface area contributed by atoms with Crippen LogP contribution in [0.3, 0.4) is 0 Å². The molecular weight excluding hydrogens is 395 g/mol. The van der Waals surface area contributed by atoms with E-state index in [0.717, 1.165) is 26.6 Å². The zero-order valence-corrected chi connectivity index (χ0v) is 17.7. The molecule has 1 aromatic carbocycles. The Morgan fingerprint density at radius 1 is 1.24 bits per heavy atom. The SMILES string of the molecule is C=C(NC(C)/C(C=NC(=C)C(F)(F)F)=C/C)c1cc(C)cc(-c2ncc(C)s2)c1. The van der Waals surface area contributed by atoms with Gasteiger partial charge in [0.25, 0.3) is 0 Å². The van der Waals surface area contributed by atoms with E-state index >= 15 is 0 Å². The van der Waals surface area contributed by atoms with Gasteiger partial charge in [-0.25, -0.2) is 4.98 Å². The number of nitrogens with zero attached hydrogens (tertiary/aromatic N) is 2. The second kappa shape index (κ2) is 9.22. The van der Waals surface area contributed by atoms with Crippen LogP contribution in [0.1, 0.15) is 29.9 Å². The van der Waals surface area contributed by atoms with E-state index in [2.05, 4.69) is 34.5 Å². The van der Waals surface area contributed by atoms with Gasteiger partial charge < -0.3 is 5.32 Å². The van der Waals surface area contributed by atoms with Gasteiger partial charge in [0.15, 0.2) is 0 Å². The second-order valence-electron chi connectivity index (χ2n) is 6.70. The second-order valence-corrected chi connectivity index (χ2v) is 7.93. The number of alkyl halides is 3. The van der Waals surface area contributed by atoms with Crippen LogP contribution in [-0.4, -0.2) is 23.4 Å². The summed E-state index contributed by atoms with van der Waals surface area (Å²) < 4.78 is 37.8.